The topological polar surface area (TPSA) is 78.5 Å². The predicted octanol–water partition coefficient (Wildman–Crippen LogP) is 4.38. The molecule has 0 atom stereocenters. The molecule has 6 nitrogen and oxygen atoms in total. The average Bonchev–Trinajstić information content (AvgIpc) is 2.65. The molecule has 0 aromatic heterocycles. The van der Waals surface area contributed by atoms with E-state index in [4.69, 9.17) is 23.2 Å². The van der Waals surface area contributed by atoms with Crippen molar-refractivity contribution in [3.63, 3.8) is 0 Å². The average molecular weight is 444 g/mol. The Balaban J connectivity index is 2.13. The van der Waals surface area contributed by atoms with Crippen LogP contribution in [0.2, 0.25) is 10.0 Å². The zero-order valence-electron chi connectivity index (χ0n) is 15.9. The van der Waals surface area contributed by atoms with Gasteiger partial charge in [-0.3, -0.25) is 4.79 Å². The zero-order chi connectivity index (χ0) is 20.9. The first-order valence-corrected chi connectivity index (χ1v) is 11.0. The Morgan fingerprint density at radius 1 is 1.11 bits per heavy atom. The van der Waals surface area contributed by atoms with Crippen molar-refractivity contribution in [3.05, 3.63) is 52.0 Å². The largest absolute Gasteiger partial charge is 0.376 e. The summed E-state index contributed by atoms with van der Waals surface area (Å²) in [6, 6.07) is 9.94. The fraction of sp³-hybridized carbons (Fsp3) is 0.316. The van der Waals surface area contributed by atoms with E-state index in [0.717, 1.165) is 0 Å². The Labute approximate surface area is 175 Å². The van der Waals surface area contributed by atoms with E-state index < -0.39 is 10.0 Å². The number of hydrogen-bond acceptors (Lipinski definition) is 4. The normalized spacial score (nSPS) is 11.5. The van der Waals surface area contributed by atoms with Crippen molar-refractivity contribution in [1.29, 1.82) is 0 Å². The maximum atomic E-state index is 12.8. The summed E-state index contributed by atoms with van der Waals surface area (Å²) >= 11 is 12.0. The molecule has 1 amide bonds. The quantitative estimate of drug-likeness (QED) is 0.634. The molecule has 0 fully saturated rings. The number of sulfonamides is 1. The lowest BCUT2D eigenvalue weighted by Gasteiger charge is -2.20. The van der Waals surface area contributed by atoms with Gasteiger partial charge in [0.1, 0.15) is 0 Å². The van der Waals surface area contributed by atoms with Gasteiger partial charge in [0.15, 0.2) is 0 Å². The van der Waals surface area contributed by atoms with E-state index in [1.807, 2.05) is 0 Å². The Morgan fingerprint density at radius 3 is 2.43 bits per heavy atom. The highest BCUT2D eigenvalue weighted by Crippen LogP contribution is 2.29. The molecule has 0 radical (unpaired) electrons. The van der Waals surface area contributed by atoms with Gasteiger partial charge >= 0.3 is 0 Å². The number of carbonyl (C=O) groups is 1. The predicted molar refractivity (Wildman–Crippen MR) is 115 cm³/mol. The van der Waals surface area contributed by atoms with Crippen LogP contribution in [0.5, 0.6) is 0 Å². The van der Waals surface area contributed by atoms with E-state index in [1.54, 1.807) is 57.2 Å². The third kappa shape index (κ3) is 5.17. The second kappa shape index (κ2) is 9.60. The van der Waals surface area contributed by atoms with Crippen molar-refractivity contribution in [2.45, 2.75) is 25.7 Å². The molecule has 2 rings (SSSR count). The molecule has 0 aliphatic carbocycles. The summed E-state index contributed by atoms with van der Waals surface area (Å²) in [6.45, 7) is 6.05. The summed E-state index contributed by atoms with van der Waals surface area (Å²) in [5, 5.41) is 6.22. The van der Waals surface area contributed by atoms with Crippen LogP contribution in [0, 0.1) is 6.92 Å². The third-order valence-electron chi connectivity index (χ3n) is 4.19. The van der Waals surface area contributed by atoms with Gasteiger partial charge in [-0.2, -0.15) is 4.31 Å². The molecule has 2 aromatic carbocycles. The summed E-state index contributed by atoms with van der Waals surface area (Å²) in [7, 11) is -3.59. The molecule has 0 unspecified atom stereocenters. The van der Waals surface area contributed by atoms with Gasteiger partial charge in [0.2, 0.25) is 15.9 Å². The Hall–Kier alpha value is -1.80. The Morgan fingerprint density at radius 2 is 1.79 bits per heavy atom. The summed E-state index contributed by atoms with van der Waals surface area (Å²) < 4.78 is 27.0. The van der Waals surface area contributed by atoms with Gasteiger partial charge in [-0.1, -0.05) is 49.2 Å². The molecule has 2 aromatic rings. The number of carbonyl (C=O) groups excluding carboxylic acids is 1. The summed E-state index contributed by atoms with van der Waals surface area (Å²) in [6.07, 6.45) is 0. The molecule has 0 saturated heterocycles. The molecule has 152 valence electrons. The minimum Gasteiger partial charge on any atom is -0.376 e. The summed E-state index contributed by atoms with van der Waals surface area (Å²) in [5.41, 5.74) is 1.59. The summed E-state index contributed by atoms with van der Waals surface area (Å²) in [5.74, 6) is -0.335. The second-order valence-corrected chi connectivity index (χ2v) is 8.76. The molecular weight excluding hydrogens is 421 g/mol. The number of nitrogens with one attached hydrogen (secondary N) is 2. The SMILES string of the molecule is CCN(CC)S(=O)(=O)c1cc(NCC(=O)Nc2cccc(Cl)c2Cl)ccc1C. The Bertz CT molecular complexity index is 961. The van der Waals surface area contributed by atoms with E-state index in [1.165, 1.54) is 4.31 Å². The fourth-order valence-corrected chi connectivity index (χ4v) is 4.72. The van der Waals surface area contributed by atoms with Gasteiger partial charge in [0, 0.05) is 18.8 Å². The minimum atomic E-state index is -3.59. The van der Waals surface area contributed by atoms with Crippen molar-refractivity contribution < 1.29 is 13.2 Å². The first-order valence-electron chi connectivity index (χ1n) is 8.79. The lowest BCUT2D eigenvalue weighted by atomic mass is 10.2. The number of nitrogens with zero attached hydrogens (tertiary/aromatic N) is 1. The molecule has 2 N–H and O–H groups in total. The van der Waals surface area contributed by atoms with Crippen LogP contribution < -0.4 is 10.6 Å². The van der Waals surface area contributed by atoms with Crippen LogP contribution in [-0.2, 0) is 14.8 Å². The van der Waals surface area contributed by atoms with Crippen LogP contribution in [0.1, 0.15) is 19.4 Å². The van der Waals surface area contributed by atoms with Crippen LogP contribution >= 0.6 is 23.2 Å². The highest BCUT2D eigenvalue weighted by atomic mass is 35.5. The maximum absolute atomic E-state index is 12.8. The number of aryl methyl sites for hydroxylation is 1. The lowest BCUT2D eigenvalue weighted by molar-refractivity contribution is -0.114. The molecule has 9 heteroatoms. The third-order valence-corrected chi connectivity index (χ3v) is 7.20. The number of benzene rings is 2. The van der Waals surface area contributed by atoms with Crippen LogP contribution in [0.3, 0.4) is 0 Å². The van der Waals surface area contributed by atoms with Gasteiger partial charge in [-0.15, -0.1) is 0 Å². The number of halogens is 2. The molecule has 0 saturated carbocycles. The van der Waals surface area contributed by atoms with E-state index >= 15 is 0 Å². The highest BCUT2D eigenvalue weighted by Gasteiger charge is 2.23. The van der Waals surface area contributed by atoms with Crippen molar-refractivity contribution in [1.82, 2.24) is 4.31 Å². The molecule has 0 heterocycles. The Kier molecular flexibility index (Phi) is 7.71. The maximum Gasteiger partial charge on any atom is 0.243 e. The van der Waals surface area contributed by atoms with Gasteiger partial charge in [-0.05, 0) is 36.8 Å². The van der Waals surface area contributed by atoms with Crippen LogP contribution in [0.25, 0.3) is 0 Å². The van der Waals surface area contributed by atoms with Crippen molar-refractivity contribution >= 4 is 50.5 Å². The number of rotatable bonds is 8. The smallest absolute Gasteiger partial charge is 0.243 e. The molecule has 0 aliphatic heterocycles. The molecule has 0 aliphatic rings. The van der Waals surface area contributed by atoms with Crippen molar-refractivity contribution in [3.8, 4) is 0 Å². The first-order chi connectivity index (χ1) is 13.2. The van der Waals surface area contributed by atoms with Crippen LogP contribution in [-0.4, -0.2) is 38.3 Å². The van der Waals surface area contributed by atoms with Gasteiger partial charge in [-0.25, -0.2) is 8.42 Å². The van der Waals surface area contributed by atoms with Gasteiger partial charge in [0.05, 0.1) is 27.2 Å². The van der Waals surface area contributed by atoms with E-state index in [0.29, 0.717) is 35.1 Å². The molecular formula is C19H23Cl2N3O3S. The number of amides is 1. The molecule has 0 spiro atoms. The highest BCUT2D eigenvalue weighted by molar-refractivity contribution is 7.89. The van der Waals surface area contributed by atoms with Gasteiger partial charge in [0.25, 0.3) is 0 Å². The number of hydrogen-bond donors (Lipinski definition) is 2. The summed E-state index contributed by atoms with van der Waals surface area (Å²) in [4.78, 5) is 12.4. The van der Waals surface area contributed by atoms with E-state index in [9.17, 15) is 13.2 Å². The standard InChI is InChI=1S/C19H23Cl2N3O3S/c1-4-24(5-2)28(26,27)17-11-14(10-9-13(17)3)22-12-18(25)23-16-8-6-7-15(20)19(16)21/h6-11,22H,4-5,12H2,1-3H3,(H,23,25). The fourth-order valence-electron chi connectivity index (χ4n) is 2.67. The van der Waals surface area contributed by atoms with E-state index in [2.05, 4.69) is 10.6 Å². The van der Waals surface area contributed by atoms with Crippen LogP contribution in [0.15, 0.2) is 41.3 Å². The monoisotopic (exact) mass is 443 g/mol. The molecule has 0 bridgehead atoms. The zero-order valence-corrected chi connectivity index (χ0v) is 18.2. The second-order valence-electron chi connectivity index (χ2n) is 6.07. The lowest BCUT2D eigenvalue weighted by Crippen LogP contribution is -2.31. The van der Waals surface area contributed by atoms with E-state index in [-0.39, 0.29) is 22.4 Å². The van der Waals surface area contributed by atoms with Gasteiger partial charge < -0.3 is 10.6 Å². The van der Waals surface area contributed by atoms with Crippen molar-refractivity contribution in [2.24, 2.45) is 0 Å². The van der Waals surface area contributed by atoms with Crippen LogP contribution in [0.4, 0.5) is 11.4 Å². The van der Waals surface area contributed by atoms with Crippen molar-refractivity contribution in [2.75, 3.05) is 30.3 Å². The number of anilines is 2. The minimum absolute atomic E-state index is 0.0589. The molecule has 28 heavy (non-hydrogen) atoms. The first kappa shape index (κ1) is 22.5.